The lowest BCUT2D eigenvalue weighted by molar-refractivity contribution is 0.282. The van der Waals surface area contributed by atoms with E-state index in [-0.39, 0.29) is 0 Å². The zero-order valence-corrected chi connectivity index (χ0v) is 15.6. The first-order chi connectivity index (χ1) is 12.2. The minimum Gasteiger partial charge on any atom is -0.493 e. The molecule has 1 aromatic heterocycles. The van der Waals surface area contributed by atoms with E-state index in [1.165, 1.54) is 0 Å². The molecule has 0 aliphatic rings. The molecule has 0 bridgehead atoms. The Labute approximate surface area is 157 Å². The molecule has 25 heavy (non-hydrogen) atoms. The highest BCUT2D eigenvalue weighted by molar-refractivity contribution is 9.10. The van der Waals surface area contributed by atoms with Gasteiger partial charge in [-0.1, -0.05) is 28.8 Å². The van der Waals surface area contributed by atoms with E-state index in [1.807, 2.05) is 36.4 Å². The number of methoxy groups -OCH3 is 1. The van der Waals surface area contributed by atoms with Crippen LogP contribution in [0.4, 0.5) is 5.95 Å². The average molecular weight is 425 g/mol. The number of hydrogen-bond donors (Lipinski definition) is 2. The van der Waals surface area contributed by atoms with Crippen molar-refractivity contribution in [2.24, 2.45) is 0 Å². The van der Waals surface area contributed by atoms with E-state index in [0.717, 1.165) is 15.6 Å². The number of ether oxygens (including phenoxy) is 2. The average Bonchev–Trinajstić information content (AvgIpc) is 3.13. The SMILES string of the molecule is COc1cc(CNc2nn[nH]n2)cc(Br)c1OCc1ccc(Cl)cc1. The lowest BCUT2D eigenvalue weighted by Crippen LogP contribution is -2.03. The highest BCUT2D eigenvalue weighted by Crippen LogP contribution is 2.37. The van der Waals surface area contributed by atoms with Crippen molar-refractivity contribution in [1.29, 1.82) is 0 Å². The fourth-order valence-corrected chi connectivity index (χ4v) is 2.90. The summed E-state index contributed by atoms with van der Waals surface area (Å²) in [6, 6.07) is 11.4. The number of aromatic amines is 1. The zero-order valence-electron chi connectivity index (χ0n) is 13.3. The van der Waals surface area contributed by atoms with Gasteiger partial charge in [0.25, 0.3) is 5.95 Å². The summed E-state index contributed by atoms with van der Waals surface area (Å²) < 4.78 is 12.2. The summed E-state index contributed by atoms with van der Waals surface area (Å²) in [5.41, 5.74) is 1.99. The molecule has 0 atom stereocenters. The maximum absolute atomic E-state index is 5.92. The number of tetrazole rings is 1. The van der Waals surface area contributed by atoms with Crippen LogP contribution in [0.2, 0.25) is 5.02 Å². The van der Waals surface area contributed by atoms with Gasteiger partial charge in [0.15, 0.2) is 11.5 Å². The van der Waals surface area contributed by atoms with Gasteiger partial charge < -0.3 is 14.8 Å². The number of rotatable bonds is 7. The van der Waals surface area contributed by atoms with Gasteiger partial charge in [-0.25, -0.2) is 0 Å². The molecule has 0 saturated carbocycles. The Hall–Kier alpha value is -2.32. The van der Waals surface area contributed by atoms with E-state index in [0.29, 0.717) is 35.6 Å². The summed E-state index contributed by atoms with van der Waals surface area (Å²) in [6.07, 6.45) is 0. The molecule has 9 heteroatoms. The molecule has 0 fully saturated rings. The number of nitrogens with one attached hydrogen (secondary N) is 2. The quantitative estimate of drug-likeness (QED) is 0.600. The van der Waals surface area contributed by atoms with Gasteiger partial charge in [0, 0.05) is 11.6 Å². The smallest absolute Gasteiger partial charge is 0.263 e. The molecule has 3 aromatic rings. The summed E-state index contributed by atoms with van der Waals surface area (Å²) >= 11 is 9.44. The van der Waals surface area contributed by atoms with Crippen LogP contribution in [0.1, 0.15) is 11.1 Å². The minimum atomic E-state index is 0.409. The maximum atomic E-state index is 5.92. The highest BCUT2D eigenvalue weighted by Gasteiger charge is 2.12. The van der Waals surface area contributed by atoms with Crippen LogP contribution in [0, 0.1) is 0 Å². The van der Waals surface area contributed by atoms with E-state index >= 15 is 0 Å². The Kier molecular flexibility index (Phi) is 5.72. The van der Waals surface area contributed by atoms with Gasteiger partial charge in [-0.15, -0.1) is 5.10 Å². The second kappa shape index (κ2) is 8.17. The normalized spacial score (nSPS) is 10.5. The third-order valence-electron chi connectivity index (χ3n) is 3.38. The Morgan fingerprint density at radius 3 is 2.68 bits per heavy atom. The number of benzene rings is 2. The van der Waals surface area contributed by atoms with Crippen LogP contribution >= 0.6 is 27.5 Å². The first-order valence-corrected chi connectivity index (χ1v) is 8.54. The van der Waals surface area contributed by atoms with E-state index in [9.17, 15) is 0 Å². The lowest BCUT2D eigenvalue weighted by Gasteiger charge is -2.14. The standard InChI is InChI=1S/C16H15BrClN5O2/c1-24-14-7-11(8-19-16-20-22-23-21-16)6-13(17)15(14)25-9-10-2-4-12(18)5-3-10/h2-7H,8-9H2,1H3,(H2,19,20,21,22,23). The van der Waals surface area contributed by atoms with Crippen LogP contribution in [-0.2, 0) is 13.2 Å². The van der Waals surface area contributed by atoms with Crippen LogP contribution in [0.15, 0.2) is 40.9 Å². The van der Waals surface area contributed by atoms with Gasteiger partial charge in [0.2, 0.25) is 0 Å². The van der Waals surface area contributed by atoms with Crippen LogP contribution in [0.3, 0.4) is 0 Å². The number of H-pyrrole nitrogens is 1. The third-order valence-corrected chi connectivity index (χ3v) is 4.22. The predicted octanol–water partition coefficient (Wildman–Crippen LogP) is 3.82. The van der Waals surface area contributed by atoms with Crippen molar-refractivity contribution < 1.29 is 9.47 Å². The summed E-state index contributed by atoms with van der Waals surface area (Å²) in [5.74, 6) is 1.70. The van der Waals surface area contributed by atoms with Crippen molar-refractivity contribution in [3.8, 4) is 11.5 Å². The molecule has 2 N–H and O–H groups in total. The van der Waals surface area contributed by atoms with Crippen molar-refractivity contribution in [2.75, 3.05) is 12.4 Å². The molecule has 7 nitrogen and oxygen atoms in total. The van der Waals surface area contributed by atoms with Crippen LogP contribution in [0.25, 0.3) is 0 Å². The molecule has 2 aromatic carbocycles. The molecule has 0 saturated heterocycles. The van der Waals surface area contributed by atoms with Gasteiger partial charge >= 0.3 is 0 Å². The van der Waals surface area contributed by atoms with Crippen LogP contribution in [0.5, 0.6) is 11.5 Å². The molecule has 1 heterocycles. The maximum Gasteiger partial charge on any atom is 0.263 e. The van der Waals surface area contributed by atoms with E-state index < -0.39 is 0 Å². The largest absolute Gasteiger partial charge is 0.493 e. The molecule has 3 rings (SSSR count). The molecule has 0 radical (unpaired) electrons. The monoisotopic (exact) mass is 423 g/mol. The van der Waals surface area contributed by atoms with E-state index in [2.05, 4.69) is 41.9 Å². The van der Waals surface area contributed by atoms with Crippen LogP contribution in [-0.4, -0.2) is 27.7 Å². The van der Waals surface area contributed by atoms with Crippen molar-refractivity contribution in [2.45, 2.75) is 13.2 Å². The van der Waals surface area contributed by atoms with Crippen molar-refractivity contribution >= 4 is 33.5 Å². The topological polar surface area (TPSA) is 85.0 Å². The second-order valence-corrected chi connectivity index (χ2v) is 6.40. The highest BCUT2D eigenvalue weighted by atomic mass is 79.9. The Morgan fingerprint density at radius 1 is 1.20 bits per heavy atom. The van der Waals surface area contributed by atoms with Gasteiger partial charge in [0.05, 0.1) is 11.6 Å². The summed E-state index contributed by atoms with van der Waals surface area (Å²) in [7, 11) is 1.60. The molecule has 0 aliphatic carbocycles. The summed E-state index contributed by atoms with van der Waals surface area (Å²) in [4.78, 5) is 0. The Morgan fingerprint density at radius 2 is 2.00 bits per heavy atom. The zero-order chi connectivity index (χ0) is 17.6. The van der Waals surface area contributed by atoms with Gasteiger partial charge in [-0.05, 0) is 56.5 Å². The number of anilines is 1. The number of nitrogens with zero attached hydrogens (tertiary/aromatic N) is 3. The van der Waals surface area contributed by atoms with Crippen molar-refractivity contribution in [3.63, 3.8) is 0 Å². The number of hydrogen-bond acceptors (Lipinski definition) is 6. The Bertz CT molecular complexity index is 827. The van der Waals surface area contributed by atoms with Crippen molar-refractivity contribution in [3.05, 3.63) is 57.0 Å². The molecule has 0 aliphatic heterocycles. The number of halogens is 2. The molecule has 0 amide bonds. The first kappa shape index (κ1) is 17.5. The molecule has 0 spiro atoms. The third kappa shape index (κ3) is 4.61. The molecular weight excluding hydrogens is 410 g/mol. The molecule has 0 unspecified atom stereocenters. The van der Waals surface area contributed by atoms with Crippen molar-refractivity contribution in [1.82, 2.24) is 20.6 Å². The minimum absolute atomic E-state index is 0.409. The molecule has 130 valence electrons. The number of aromatic nitrogens is 4. The lowest BCUT2D eigenvalue weighted by atomic mass is 10.2. The Balaban J connectivity index is 1.71. The predicted molar refractivity (Wildman–Crippen MR) is 98.0 cm³/mol. The molecular formula is C16H15BrClN5O2. The van der Waals surface area contributed by atoms with E-state index in [1.54, 1.807) is 7.11 Å². The van der Waals surface area contributed by atoms with Gasteiger partial charge in [0.1, 0.15) is 6.61 Å². The van der Waals surface area contributed by atoms with E-state index in [4.69, 9.17) is 21.1 Å². The fraction of sp³-hybridized carbons (Fsp3) is 0.188. The van der Waals surface area contributed by atoms with Gasteiger partial charge in [-0.3, -0.25) is 0 Å². The van der Waals surface area contributed by atoms with Crippen LogP contribution < -0.4 is 14.8 Å². The first-order valence-electron chi connectivity index (χ1n) is 7.36. The second-order valence-electron chi connectivity index (χ2n) is 5.11. The summed E-state index contributed by atoms with van der Waals surface area (Å²) in [6.45, 7) is 0.929. The fourth-order valence-electron chi connectivity index (χ4n) is 2.17. The van der Waals surface area contributed by atoms with Gasteiger partial charge in [-0.2, -0.15) is 5.21 Å². The summed E-state index contributed by atoms with van der Waals surface area (Å²) in [5, 5.41) is 17.3.